The molecule has 0 spiro atoms. The number of hydrogen-bond donors (Lipinski definition) is 1. The second kappa shape index (κ2) is 5.72. The van der Waals surface area contributed by atoms with Crippen molar-refractivity contribution in [1.29, 1.82) is 0 Å². The topological polar surface area (TPSA) is 24.4 Å². The minimum Gasteiger partial charge on any atom is -0.334 e. The van der Waals surface area contributed by atoms with Crippen LogP contribution in [0.1, 0.15) is 24.8 Å². The third kappa shape index (κ3) is 3.31. The number of anilines is 1. The summed E-state index contributed by atoms with van der Waals surface area (Å²) in [6.07, 6.45) is -0.864. The zero-order valence-electron chi connectivity index (χ0n) is 11.1. The third-order valence-electron chi connectivity index (χ3n) is 3.87. The molecular formula is C14H14ClF3N2S. The number of aliphatic imine (C=N–C) groups is 1. The van der Waals surface area contributed by atoms with Crippen LogP contribution in [0.2, 0.25) is 5.02 Å². The highest BCUT2D eigenvalue weighted by molar-refractivity contribution is 8.14. The Bertz CT molecular complexity index is 574. The van der Waals surface area contributed by atoms with Gasteiger partial charge >= 0.3 is 6.18 Å². The maximum Gasteiger partial charge on any atom is 0.416 e. The van der Waals surface area contributed by atoms with E-state index in [1.54, 1.807) is 11.8 Å². The maximum atomic E-state index is 12.6. The van der Waals surface area contributed by atoms with Gasteiger partial charge in [-0.2, -0.15) is 13.2 Å². The van der Waals surface area contributed by atoms with Crippen LogP contribution in [0, 0.1) is 5.92 Å². The summed E-state index contributed by atoms with van der Waals surface area (Å²) in [6, 6.07) is 3.67. The van der Waals surface area contributed by atoms with Crippen LogP contribution in [-0.4, -0.2) is 17.0 Å². The summed E-state index contributed by atoms with van der Waals surface area (Å²) in [4.78, 5) is 4.64. The normalized spacial score (nSPS) is 25.4. The molecule has 1 heterocycles. The standard InChI is InChI=1S/C14H14ClF3N2S/c15-10-6-9(14(16,17)18)4-5-12(10)20-13-19-11-3-1-2-8(11)7-21-13/h4-6,8,11H,1-3,7H2,(H,19,20). The molecule has 7 heteroatoms. The van der Waals surface area contributed by atoms with Gasteiger partial charge in [-0.15, -0.1) is 0 Å². The highest BCUT2D eigenvalue weighted by Crippen LogP contribution is 2.37. The number of benzene rings is 1. The number of amidine groups is 1. The van der Waals surface area contributed by atoms with E-state index in [1.807, 2.05) is 0 Å². The molecule has 2 atom stereocenters. The van der Waals surface area contributed by atoms with Crippen molar-refractivity contribution in [2.24, 2.45) is 10.9 Å². The molecule has 21 heavy (non-hydrogen) atoms. The molecule has 3 rings (SSSR count). The van der Waals surface area contributed by atoms with Crippen molar-refractivity contribution < 1.29 is 13.2 Å². The number of thioether (sulfide) groups is 1. The minimum atomic E-state index is -4.38. The number of rotatable bonds is 1. The molecule has 114 valence electrons. The molecule has 2 aliphatic rings. The van der Waals surface area contributed by atoms with Crippen LogP contribution in [0.15, 0.2) is 23.2 Å². The summed E-state index contributed by atoms with van der Waals surface area (Å²) >= 11 is 7.55. The van der Waals surface area contributed by atoms with Gasteiger partial charge in [0.05, 0.1) is 22.3 Å². The summed E-state index contributed by atoms with van der Waals surface area (Å²) in [7, 11) is 0. The van der Waals surface area contributed by atoms with Gasteiger partial charge in [0.2, 0.25) is 0 Å². The molecule has 0 radical (unpaired) electrons. The summed E-state index contributed by atoms with van der Waals surface area (Å²) < 4.78 is 37.8. The van der Waals surface area contributed by atoms with Crippen molar-refractivity contribution in [2.45, 2.75) is 31.5 Å². The summed E-state index contributed by atoms with van der Waals surface area (Å²) in [5.41, 5.74) is -0.278. The first-order valence-corrected chi connectivity index (χ1v) is 8.14. The van der Waals surface area contributed by atoms with Crippen LogP contribution >= 0.6 is 23.4 Å². The van der Waals surface area contributed by atoms with E-state index in [9.17, 15) is 13.2 Å². The maximum absolute atomic E-state index is 12.6. The SMILES string of the molecule is FC(F)(F)c1ccc(NC2=NC3CCCC3CS2)c(Cl)c1. The zero-order valence-corrected chi connectivity index (χ0v) is 12.7. The second-order valence-corrected chi connectivity index (χ2v) is 6.74. The fraction of sp³-hybridized carbons (Fsp3) is 0.500. The fourth-order valence-corrected chi connectivity index (χ4v) is 4.11. The molecule has 2 nitrogen and oxygen atoms in total. The molecule has 1 aliphatic carbocycles. The van der Waals surface area contributed by atoms with Crippen LogP contribution < -0.4 is 5.32 Å². The van der Waals surface area contributed by atoms with Crippen molar-refractivity contribution >= 4 is 34.2 Å². The molecule has 0 saturated heterocycles. The summed E-state index contributed by atoms with van der Waals surface area (Å²) in [5, 5.41) is 3.86. The molecule has 1 fully saturated rings. The van der Waals surface area contributed by atoms with E-state index < -0.39 is 11.7 Å². The Balaban J connectivity index is 1.76. The van der Waals surface area contributed by atoms with Crippen LogP contribution in [-0.2, 0) is 6.18 Å². The van der Waals surface area contributed by atoms with Crippen LogP contribution in [0.4, 0.5) is 18.9 Å². The van der Waals surface area contributed by atoms with E-state index in [4.69, 9.17) is 11.6 Å². The molecule has 0 amide bonds. The minimum absolute atomic E-state index is 0.0571. The van der Waals surface area contributed by atoms with Crippen LogP contribution in [0.3, 0.4) is 0 Å². The van der Waals surface area contributed by atoms with Crippen molar-refractivity contribution in [3.05, 3.63) is 28.8 Å². The first kappa shape index (κ1) is 15.0. The van der Waals surface area contributed by atoms with Crippen LogP contribution in [0.25, 0.3) is 0 Å². The highest BCUT2D eigenvalue weighted by atomic mass is 35.5. The third-order valence-corrected chi connectivity index (χ3v) is 5.26. The number of fused-ring (bicyclic) bond motifs is 1. The number of hydrogen-bond acceptors (Lipinski definition) is 3. The van der Waals surface area contributed by atoms with Gasteiger partial charge in [0.15, 0.2) is 5.17 Å². The number of alkyl halides is 3. The van der Waals surface area contributed by atoms with E-state index in [-0.39, 0.29) is 5.02 Å². The lowest BCUT2D eigenvalue weighted by molar-refractivity contribution is -0.137. The predicted molar refractivity (Wildman–Crippen MR) is 81.1 cm³/mol. The van der Waals surface area contributed by atoms with Gasteiger partial charge in [-0.05, 0) is 37.0 Å². The Morgan fingerprint density at radius 2 is 2.10 bits per heavy atom. The Kier molecular flexibility index (Phi) is 4.10. The van der Waals surface area contributed by atoms with E-state index in [0.717, 1.165) is 29.5 Å². The summed E-state index contributed by atoms with van der Waals surface area (Å²) in [6.45, 7) is 0. The zero-order chi connectivity index (χ0) is 15.0. The van der Waals surface area contributed by atoms with E-state index >= 15 is 0 Å². The van der Waals surface area contributed by atoms with Crippen molar-refractivity contribution in [2.75, 3.05) is 11.1 Å². The Labute approximate surface area is 130 Å². The Hall–Kier alpha value is -0.880. The quantitative estimate of drug-likeness (QED) is 0.777. The lowest BCUT2D eigenvalue weighted by Gasteiger charge is -2.23. The molecule has 1 aromatic rings. The van der Waals surface area contributed by atoms with Crippen molar-refractivity contribution in [3.63, 3.8) is 0 Å². The van der Waals surface area contributed by atoms with E-state index in [2.05, 4.69) is 10.3 Å². The fourth-order valence-electron chi connectivity index (χ4n) is 2.73. The average Bonchev–Trinajstić information content (AvgIpc) is 2.87. The first-order valence-electron chi connectivity index (χ1n) is 6.78. The molecular weight excluding hydrogens is 321 g/mol. The lowest BCUT2D eigenvalue weighted by Crippen LogP contribution is -2.25. The largest absolute Gasteiger partial charge is 0.416 e. The summed E-state index contributed by atoms with van der Waals surface area (Å²) in [5.74, 6) is 1.65. The van der Waals surface area contributed by atoms with Gasteiger partial charge in [-0.1, -0.05) is 29.8 Å². The van der Waals surface area contributed by atoms with E-state index in [0.29, 0.717) is 17.6 Å². The van der Waals surface area contributed by atoms with Gasteiger partial charge in [0, 0.05) is 5.75 Å². The first-order chi connectivity index (χ1) is 9.93. The smallest absolute Gasteiger partial charge is 0.334 e. The lowest BCUT2D eigenvalue weighted by atomic mass is 10.1. The molecule has 1 N–H and O–H groups in total. The highest BCUT2D eigenvalue weighted by Gasteiger charge is 2.32. The van der Waals surface area contributed by atoms with Gasteiger partial charge in [0.25, 0.3) is 0 Å². The Morgan fingerprint density at radius 1 is 1.29 bits per heavy atom. The number of nitrogens with one attached hydrogen (secondary N) is 1. The molecule has 1 aromatic carbocycles. The molecule has 1 saturated carbocycles. The molecule has 0 aromatic heterocycles. The van der Waals surface area contributed by atoms with Gasteiger partial charge in [-0.3, -0.25) is 4.99 Å². The monoisotopic (exact) mass is 334 g/mol. The van der Waals surface area contributed by atoms with E-state index in [1.165, 1.54) is 18.9 Å². The number of nitrogens with zero attached hydrogens (tertiary/aromatic N) is 1. The molecule has 2 unspecified atom stereocenters. The van der Waals surface area contributed by atoms with Gasteiger partial charge in [-0.25, -0.2) is 0 Å². The Morgan fingerprint density at radius 3 is 2.81 bits per heavy atom. The van der Waals surface area contributed by atoms with Crippen molar-refractivity contribution in [3.8, 4) is 0 Å². The second-order valence-electron chi connectivity index (χ2n) is 5.32. The predicted octanol–water partition coefficient (Wildman–Crippen LogP) is 5.04. The molecule has 1 aliphatic heterocycles. The van der Waals surface area contributed by atoms with Gasteiger partial charge in [0.1, 0.15) is 0 Å². The molecule has 0 bridgehead atoms. The van der Waals surface area contributed by atoms with Crippen LogP contribution in [0.5, 0.6) is 0 Å². The van der Waals surface area contributed by atoms with Crippen molar-refractivity contribution in [1.82, 2.24) is 0 Å². The number of halogens is 4. The average molecular weight is 335 g/mol. The van der Waals surface area contributed by atoms with Gasteiger partial charge < -0.3 is 5.32 Å².